The first-order chi connectivity index (χ1) is 20.5. The third kappa shape index (κ3) is 7.76. The Morgan fingerprint density at radius 3 is 2.52 bits per heavy atom. The molecule has 1 heterocycles. The number of nitrogens with one attached hydrogen (secondary N) is 2. The zero-order valence-electron chi connectivity index (χ0n) is 22.5. The number of aromatic nitrogens is 1. The van der Waals surface area contributed by atoms with Crippen molar-refractivity contribution >= 4 is 61.8 Å². The molecule has 0 radical (unpaired) electrons. The highest BCUT2D eigenvalue weighted by atomic mass is 79.9. The van der Waals surface area contributed by atoms with Crippen molar-refractivity contribution in [2.75, 3.05) is 11.9 Å². The molecule has 0 saturated heterocycles. The quantitative estimate of drug-likeness (QED) is 0.109. The zero-order valence-corrected chi connectivity index (χ0v) is 25.7. The monoisotopic (exact) mass is 660 g/mol. The first-order valence-corrected chi connectivity index (χ1v) is 15.1. The maximum atomic E-state index is 12.7. The van der Waals surface area contributed by atoms with E-state index in [2.05, 4.69) is 36.8 Å². The standard InChI is InChI=1S/C32H26BrClN4O3S/c1-2-40-29-17-22(16-27(34)30(29)41-19-21-8-14-25(33)15-9-21)18-35-38-31(39)24-12-10-23(11-13-24)28-20-42-32(37-28)36-26-6-4-3-5-7-26/h3-18,20H,2,19H2,1H3,(H,36,37)(H,38,39)/b35-18-. The molecule has 7 nitrogen and oxygen atoms in total. The van der Waals surface area contributed by atoms with Gasteiger partial charge < -0.3 is 14.8 Å². The summed E-state index contributed by atoms with van der Waals surface area (Å²) in [4.78, 5) is 17.3. The number of ether oxygens (including phenoxy) is 2. The molecule has 0 aliphatic rings. The number of benzene rings is 4. The number of hydrogen-bond donors (Lipinski definition) is 2. The van der Waals surface area contributed by atoms with Crippen LogP contribution >= 0.6 is 38.9 Å². The molecule has 1 aromatic heterocycles. The Bertz CT molecular complexity index is 1680. The van der Waals surface area contributed by atoms with Gasteiger partial charge in [-0.15, -0.1) is 11.3 Å². The van der Waals surface area contributed by atoms with E-state index in [1.807, 2.05) is 79.0 Å². The molecule has 0 atom stereocenters. The highest BCUT2D eigenvalue weighted by Crippen LogP contribution is 2.37. The average molecular weight is 662 g/mol. The van der Waals surface area contributed by atoms with E-state index in [0.717, 1.165) is 32.1 Å². The number of thiazole rings is 1. The van der Waals surface area contributed by atoms with Crippen molar-refractivity contribution in [3.05, 3.63) is 123 Å². The molecule has 1 amide bonds. The number of para-hydroxylation sites is 1. The molecule has 0 bridgehead atoms. The Hall–Kier alpha value is -4.18. The van der Waals surface area contributed by atoms with Crippen molar-refractivity contribution in [3.8, 4) is 22.8 Å². The second-order valence-electron chi connectivity index (χ2n) is 8.98. The molecular weight excluding hydrogens is 636 g/mol. The lowest BCUT2D eigenvalue weighted by atomic mass is 10.1. The van der Waals surface area contributed by atoms with E-state index in [4.69, 9.17) is 21.1 Å². The van der Waals surface area contributed by atoms with Crippen LogP contribution in [0.4, 0.5) is 10.8 Å². The lowest BCUT2D eigenvalue weighted by molar-refractivity contribution is 0.0955. The van der Waals surface area contributed by atoms with Gasteiger partial charge in [-0.05, 0) is 66.6 Å². The van der Waals surface area contributed by atoms with Gasteiger partial charge in [-0.2, -0.15) is 5.10 Å². The van der Waals surface area contributed by atoms with E-state index in [0.29, 0.717) is 40.9 Å². The lowest BCUT2D eigenvalue weighted by Crippen LogP contribution is -2.17. The maximum absolute atomic E-state index is 12.7. The lowest BCUT2D eigenvalue weighted by Gasteiger charge is -2.14. The zero-order chi connectivity index (χ0) is 29.3. The van der Waals surface area contributed by atoms with Crippen molar-refractivity contribution in [1.29, 1.82) is 0 Å². The number of hydrogen-bond acceptors (Lipinski definition) is 7. The number of rotatable bonds is 11. The third-order valence-electron chi connectivity index (χ3n) is 5.98. The number of carbonyl (C=O) groups is 1. The molecule has 5 aromatic rings. The number of halogens is 2. The Morgan fingerprint density at radius 2 is 1.79 bits per heavy atom. The van der Waals surface area contributed by atoms with Crippen molar-refractivity contribution in [2.45, 2.75) is 13.5 Å². The Balaban J connectivity index is 1.20. The second-order valence-corrected chi connectivity index (χ2v) is 11.2. The fourth-order valence-corrected chi connectivity index (χ4v) is 5.21. The van der Waals surface area contributed by atoms with E-state index in [1.54, 1.807) is 24.3 Å². The van der Waals surface area contributed by atoms with Gasteiger partial charge in [0.05, 0.1) is 23.5 Å². The molecule has 0 unspecified atom stereocenters. The summed E-state index contributed by atoms with van der Waals surface area (Å²) in [5, 5.41) is 10.6. The average Bonchev–Trinajstić information content (AvgIpc) is 3.47. The van der Waals surface area contributed by atoms with Crippen LogP contribution in [0.2, 0.25) is 5.02 Å². The molecular formula is C32H26BrClN4O3S. The Kier molecular flexibility index (Phi) is 9.86. The van der Waals surface area contributed by atoms with Crippen LogP contribution in [-0.4, -0.2) is 23.7 Å². The topological polar surface area (TPSA) is 84.8 Å². The summed E-state index contributed by atoms with van der Waals surface area (Å²) in [6.07, 6.45) is 1.51. The number of amides is 1. The highest BCUT2D eigenvalue weighted by Gasteiger charge is 2.13. The number of hydrazone groups is 1. The summed E-state index contributed by atoms with van der Waals surface area (Å²) in [6.45, 7) is 2.65. The van der Waals surface area contributed by atoms with Crippen molar-refractivity contribution < 1.29 is 14.3 Å². The number of carbonyl (C=O) groups excluding carboxylic acids is 1. The van der Waals surface area contributed by atoms with Crippen LogP contribution in [0.1, 0.15) is 28.4 Å². The van der Waals surface area contributed by atoms with Gasteiger partial charge in [0.2, 0.25) is 0 Å². The molecule has 2 N–H and O–H groups in total. The van der Waals surface area contributed by atoms with Gasteiger partial charge in [0, 0.05) is 26.7 Å². The van der Waals surface area contributed by atoms with Crippen molar-refractivity contribution in [1.82, 2.24) is 10.4 Å². The summed E-state index contributed by atoms with van der Waals surface area (Å²) in [5.74, 6) is 0.605. The van der Waals surface area contributed by atoms with Crippen molar-refractivity contribution in [2.24, 2.45) is 5.10 Å². The first kappa shape index (κ1) is 29.3. The minimum Gasteiger partial charge on any atom is -0.490 e. The smallest absolute Gasteiger partial charge is 0.271 e. The molecule has 5 rings (SSSR count). The molecule has 0 aliphatic carbocycles. The molecule has 0 fully saturated rings. The van der Waals surface area contributed by atoms with Crippen LogP contribution in [0.5, 0.6) is 11.5 Å². The summed E-state index contributed by atoms with van der Waals surface area (Å²) in [5.41, 5.74) is 7.39. The summed E-state index contributed by atoms with van der Waals surface area (Å²) >= 11 is 11.5. The molecule has 0 aliphatic heterocycles. The van der Waals surface area contributed by atoms with Crippen LogP contribution in [-0.2, 0) is 6.61 Å². The minimum atomic E-state index is -0.340. The van der Waals surface area contributed by atoms with Gasteiger partial charge >= 0.3 is 0 Å². The first-order valence-electron chi connectivity index (χ1n) is 13.0. The molecule has 10 heteroatoms. The minimum absolute atomic E-state index is 0.337. The molecule has 212 valence electrons. The second kappa shape index (κ2) is 14.1. The predicted molar refractivity (Wildman–Crippen MR) is 173 cm³/mol. The molecule has 42 heavy (non-hydrogen) atoms. The van der Waals surface area contributed by atoms with Gasteiger partial charge in [-0.25, -0.2) is 10.4 Å². The Labute approximate surface area is 261 Å². The van der Waals surface area contributed by atoms with Gasteiger partial charge in [0.1, 0.15) is 6.61 Å². The molecule has 4 aromatic carbocycles. The normalized spacial score (nSPS) is 10.9. The largest absolute Gasteiger partial charge is 0.490 e. The van der Waals surface area contributed by atoms with E-state index in [-0.39, 0.29) is 5.91 Å². The van der Waals surface area contributed by atoms with E-state index >= 15 is 0 Å². The summed E-state index contributed by atoms with van der Waals surface area (Å²) in [6, 6.07) is 28.4. The van der Waals surface area contributed by atoms with Crippen LogP contribution in [0, 0.1) is 0 Å². The summed E-state index contributed by atoms with van der Waals surface area (Å²) in [7, 11) is 0. The van der Waals surface area contributed by atoms with Gasteiger partial charge in [0.15, 0.2) is 16.6 Å². The van der Waals surface area contributed by atoms with E-state index < -0.39 is 0 Å². The highest BCUT2D eigenvalue weighted by molar-refractivity contribution is 9.10. The fraction of sp³-hybridized carbons (Fsp3) is 0.0938. The van der Waals surface area contributed by atoms with Crippen LogP contribution < -0.4 is 20.2 Å². The summed E-state index contributed by atoms with van der Waals surface area (Å²) < 4.78 is 12.7. The number of anilines is 2. The van der Waals surface area contributed by atoms with Crippen molar-refractivity contribution in [3.63, 3.8) is 0 Å². The van der Waals surface area contributed by atoms with Gasteiger partial charge in [-0.1, -0.05) is 70.0 Å². The molecule has 0 spiro atoms. The van der Waals surface area contributed by atoms with Crippen LogP contribution in [0.25, 0.3) is 11.3 Å². The van der Waals surface area contributed by atoms with Gasteiger partial charge in [0.25, 0.3) is 5.91 Å². The van der Waals surface area contributed by atoms with Gasteiger partial charge in [-0.3, -0.25) is 4.79 Å². The SMILES string of the molecule is CCOc1cc(/C=N\NC(=O)c2ccc(-c3csc(Nc4ccccc4)n3)cc2)cc(Cl)c1OCc1ccc(Br)cc1. The van der Waals surface area contributed by atoms with Crippen LogP contribution in [0.3, 0.4) is 0 Å². The third-order valence-corrected chi connectivity index (χ3v) is 7.55. The predicted octanol–water partition coefficient (Wildman–Crippen LogP) is 8.71. The molecule has 0 saturated carbocycles. The fourth-order valence-electron chi connectivity index (χ4n) is 3.93. The Morgan fingerprint density at radius 1 is 1.02 bits per heavy atom. The van der Waals surface area contributed by atoms with E-state index in [9.17, 15) is 4.79 Å². The van der Waals surface area contributed by atoms with E-state index in [1.165, 1.54) is 17.6 Å². The maximum Gasteiger partial charge on any atom is 0.271 e. The number of nitrogens with zero attached hydrogens (tertiary/aromatic N) is 2. The van der Waals surface area contributed by atoms with Crippen LogP contribution in [0.15, 0.2) is 106 Å².